The van der Waals surface area contributed by atoms with Crippen molar-refractivity contribution >= 4 is 34.6 Å². The molecule has 0 spiro atoms. The predicted octanol–water partition coefficient (Wildman–Crippen LogP) is 4.77. The van der Waals surface area contributed by atoms with E-state index in [0.29, 0.717) is 18.0 Å². The summed E-state index contributed by atoms with van der Waals surface area (Å²) in [5.74, 6) is -0.0281. The first kappa shape index (κ1) is 17.6. The first-order valence-corrected chi connectivity index (χ1v) is 9.23. The van der Waals surface area contributed by atoms with E-state index >= 15 is 0 Å². The maximum absolute atomic E-state index is 12.0. The fourth-order valence-corrected chi connectivity index (χ4v) is 3.24. The molecular weight excluding hydrogens is 334 g/mol. The number of anilines is 3. The van der Waals surface area contributed by atoms with E-state index in [1.165, 1.54) is 24.9 Å². The van der Waals surface area contributed by atoms with Gasteiger partial charge in [-0.05, 0) is 61.7 Å². The van der Waals surface area contributed by atoms with Crippen molar-refractivity contribution in [3.05, 3.63) is 53.6 Å². The number of carbonyl (C=O) groups excluding carboxylic acids is 1. The number of nitrogens with zero attached hydrogens (tertiary/aromatic N) is 1. The van der Waals surface area contributed by atoms with Crippen LogP contribution in [0.15, 0.2) is 48.5 Å². The van der Waals surface area contributed by atoms with Gasteiger partial charge in [-0.3, -0.25) is 4.79 Å². The van der Waals surface area contributed by atoms with E-state index in [0.717, 1.165) is 24.5 Å². The SMILES string of the molecule is O=C(CCNc1ccc(N2CCCCC2)cc1)Nc1cccc(Cl)c1. The van der Waals surface area contributed by atoms with Crippen LogP contribution in [-0.2, 0) is 4.79 Å². The average Bonchev–Trinajstić information content (AvgIpc) is 2.63. The molecule has 0 aliphatic carbocycles. The number of benzene rings is 2. The molecule has 1 aliphatic heterocycles. The molecule has 5 heteroatoms. The van der Waals surface area contributed by atoms with Crippen molar-refractivity contribution in [2.24, 2.45) is 0 Å². The molecule has 1 fully saturated rings. The number of hydrogen-bond donors (Lipinski definition) is 2. The van der Waals surface area contributed by atoms with E-state index in [-0.39, 0.29) is 5.91 Å². The van der Waals surface area contributed by atoms with Gasteiger partial charge in [-0.1, -0.05) is 17.7 Å². The molecule has 0 bridgehead atoms. The zero-order chi connectivity index (χ0) is 17.5. The third-order valence-electron chi connectivity index (χ3n) is 4.38. The zero-order valence-electron chi connectivity index (χ0n) is 14.3. The van der Waals surface area contributed by atoms with Gasteiger partial charge in [-0.2, -0.15) is 0 Å². The molecule has 1 saturated heterocycles. The van der Waals surface area contributed by atoms with Gasteiger partial charge in [-0.15, -0.1) is 0 Å². The van der Waals surface area contributed by atoms with E-state index in [9.17, 15) is 4.79 Å². The van der Waals surface area contributed by atoms with Crippen molar-refractivity contribution in [2.75, 3.05) is 35.2 Å². The molecule has 2 aromatic rings. The summed E-state index contributed by atoms with van der Waals surface area (Å²) in [6.45, 7) is 2.89. The Kier molecular flexibility index (Phi) is 6.18. The molecule has 25 heavy (non-hydrogen) atoms. The molecule has 132 valence electrons. The van der Waals surface area contributed by atoms with Gasteiger partial charge in [0.1, 0.15) is 0 Å². The fraction of sp³-hybridized carbons (Fsp3) is 0.350. The standard InChI is InChI=1S/C20H24ClN3O/c21-16-5-4-6-18(15-16)23-20(25)11-12-22-17-7-9-19(10-8-17)24-13-2-1-3-14-24/h4-10,15,22H,1-3,11-14H2,(H,23,25). The van der Waals surface area contributed by atoms with Crippen LogP contribution < -0.4 is 15.5 Å². The summed E-state index contributed by atoms with van der Waals surface area (Å²) in [5, 5.41) is 6.76. The molecule has 0 atom stereocenters. The van der Waals surface area contributed by atoms with Gasteiger partial charge in [0.2, 0.25) is 5.91 Å². The Morgan fingerprint density at radius 2 is 1.76 bits per heavy atom. The Morgan fingerprint density at radius 1 is 1.00 bits per heavy atom. The summed E-state index contributed by atoms with van der Waals surface area (Å²) >= 11 is 5.91. The average molecular weight is 358 g/mol. The molecule has 2 N–H and O–H groups in total. The second-order valence-corrected chi connectivity index (χ2v) is 6.77. The lowest BCUT2D eigenvalue weighted by atomic mass is 10.1. The van der Waals surface area contributed by atoms with Crippen LogP contribution in [0.4, 0.5) is 17.1 Å². The lowest BCUT2D eigenvalue weighted by Gasteiger charge is -2.28. The molecule has 4 nitrogen and oxygen atoms in total. The number of halogens is 1. The summed E-state index contributed by atoms with van der Waals surface area (Å²) in [4.78, 5) is 14.4. The van der Waals surface area contributed by atoms with Crippen molar-refractivity contribution in [1.82, 2.24) is 0 Å². The monoisotopic (exact) mass is 357 g/mol. The largest absolute Gasteiger partial charge is 0.385 e. The van der Waals surface area contributed by atoms with Gasteiger partial charge in [0.05, 0.1) is 0 Å². The Hall–Kier alpha value is -2.20. The molecule has 0 saturated carbocycles. The number of piperidine rings is 1. The first-order valence-electron chi connectivity index (χ1n) is 8.85. The van der Waals surface area contributed by atoms with Crippen LogP contribution in [0.25, 0.3) is 0 Å². The van der Waals surface area contributed by atoms with Crippen molar-refractivity contribution in [1.29, 1.82) is 0 Å². The van der Waals surface area contributed by atoms with Crippen LogP contribution in [0.1, 0.15) is 25.7 Å². The predicted molar refractivity (Wildman–Crippen MR) is 106 cm³/mol. The van der Waals surface area contributed by atoms with Crippen molar-refractivity contribution < 1.29 is 4.79 Å². The highest BCUT2D eigenvalue weighted by Crippen LogP contribution is 2.21. The Balaban J connectivity index is 1.43. The van der Waals surface area contributed by atoms with Crippen molar-refractivity contribution in [3.8, 4) is 0 Å². The van der Waals surface area contributed by atoms with Crippen LogP contribution in [0.5, 0.6) is 0 Å². The number of hydrogen-bond acceptors (Lipinski definition) is 3. The highest BCUT2D eigenvalue weighted by molar-refractivity contribution is 6.30. The minimum Gasteiger partial charge on any atom is -0.385 e. The van der Waals surface area contributed by atoms with E-state index in [1.807, 2.05) is 12.1 Å². The summed E-state index contributed by atoms with van der Waals surface area (Å²) < 4.78 is 0. The number of carbonyl (C=O) groups is 1. The first-order chi connectivity index (χ1) is 12.2. The van der Waals surface area contributed by atoms with Crippen LogP contribution in [0, 0.1) is 0 Å². The lowest BCUT2D eigenvalue weighted by molar-refractivity contribution is -0.115. The molecule has 1 heterocycles. The molecule has 1 aliphatic rings. The molecular formula is C20H24ClN3O. The third kappa shape index (κ3) is 5.40. The number of nitrogens with one attached hydrogen (secondary N) is 2. The maximum atomic E-state index is 12.0. The minimum atomic E-state index is -0.0281. The van der Waals surface area contributed by atoms with Gasteiger partial charge < -0.3 is 15.5 Å². The van der Waals surface area contributed by atoms with Gasteiger partial charge >= 0.3 is 0 Å². The quantitative estimate of drug-likeness (QED) is 0.782. The minimum absolute atomic E-state index is 0.0281. The lowest BCUT2D eigenvalue weighted by Crippen LogP contribution is -2.29. The topological polar surface area (TPSA) is 44.4 Å². The second kappa shape index (κ2) is 8.77. The summed E-state index contributed by atoms with van der Waals surface area (Å²) in [7, 11) is 0. The normalized spacial score (nSPS) is 14.2. The number of amides is 1. The maximum Gasteiger partial charge on any atom is 0.226 e. The Labute approximate surface area is 154 Å². The molecule has 0 radical (unpaired) electrons. The van der Waals surface area contributed by atoms with E-state index in [2.05, 4.69) is 39.8 Å². The Morgan fingerprint density at radius 3 is 2.48 bits per heavy atom. The van der Waals surface area contributed by atoms with Gasteiger partial charge in [0.25, 0.3) is 0 Å². The summed E-state index contributed by atoms with van der Waals surface area (Å²) in [6, 6.07) is 15.6. The molecule has 1 amide bonds. The third-order valence-corrected chi connectivity index (χ3v) is 4.61. The van der Waals surface area contributed by atoms with Crippen molar-refractivity contribution in [3.63, 3.8) is 0 Å². The summed E-state index contributed by atoms with van der Waals surface area (Å²) in [6.07, 6.45) is 4.30. The molecule has 2 aromatic carbocycles. The highest BCUT2D eigenvalue weighted by Gasteiger charge is 2.10. The van der Waals surface area contributed by atoms with Gasteiger partial charge in [0.15, 0.2) is 0 Å². The van der Waals surface area contributed by atoms with Crippen LogP contribution in [0.3, 0.4) is 0 Å². The second-order valence-electron chi connectivity index (χ2n) is 6.33. The fourth-order valence-electron chi connectivity index (χ4n) is 3.05. The van der Waals surface area contributed by atoms with Gasteiger partial charge in [0, 0.05) is 48.1 Å². The molecule has 3 rings (SSSR count). The van der Waals surface area contributed by atoms with Crippen LogP contribution in [0.2, 0.25) is 5.02 Å². The van der Waals surface area contributed by atoms with Crippen LogP contribution in [-0.4, -0.2) is 25.5 Å². The van der Waals surface area contributed by atoms with E-state index in [1.54, 1.807) is 12.1 Å². The van der Waals surface area contributed by atoms with Crippen molar-refractivity contribution in [2.45, 2.75) is 25.7 Å². The summed E-state index contributed by atoms with van der Waals surface area (Å²) in [5.41, 5.74) is 3.05. The zero-order valence-corrected chi connectivity index (χ0v) is 15.1. The number of rotatable bonds is 6. The van der Waals surface area contributed by atoms with Gasteiger partial charge in [-0.25, -0.2) is 0 Å². The van der Waals surface area contributed by atoms with E-state index < -0.39 is 0 Å². The van der Waals surface area contributed by atoms with E-state index in [4.69, 9.17) is 11.6 Å². The molecule has 0 aromatic heterocycles. The molecule has 0 unspecified atom stereocenters. The van der Waals surface area contributed by atoms with Crippen LogP contribution >= 0.6 is 11.6 Å². The smallest absolute Gasteiger partial charge is 0.226 e. The highest BCUT2D eigenvalue weighted by atomic mass is 35.5. The Bertz CT molecular complexity index is 696.